The molecule has 0 radical (unpaired) electrons. The van der Waals surface area contributed by atoms with Crippen LogP contribution in [-0.4, -0.2) is 0 Å². The van der Waals surface area contributed by atoms with Gasteiger partial charge in [0.25, 0.3) is 0 Å². The van der Waals surface area contributed by atoms with E-state index in [4.69, 9.17) is 0 Å². The molecule has 4 rings (SSSR count). The van der Waals surface area contributed by atoms with Gasteiger partial charge in [0.1, 0.15) is 0 Å². The lowest BCUT2D eigenvalue weighted by atomic mass is 10.0. The maximum atomic E-state index is 3.50. The molecule has 1 heteroatoms. The summed E-state index contributed by atoms with van der Waals surface area (Å²) in [5, 5.41) is 6.07. The van der Waals surface area contributed by atoms with Gasteiger partial charge < -0.3 is 5.32 Å². The molecular formula is C24H21N. The van der Waals surface area contributed by atoms with E-state index in [0.29, 0.717) is 0 Å². The minimum Gasteiger partial charge on any atom is -0.356 e. The van der Waals surface area contributed by atoms with Crippen LogP contribution in [0.25, 0.3) is 16.3 Å². The van der Waals surface area contributed by atoms with E-state index in [1.807, 2.05) is 0 Å². The molecule has 1 N–H and O–H groups in total. The lowest BCUT2D eigenvalue weighted by Gasteiger charge is -2.07. The van der Waals surface area contributed by atoms with E-state index >= 15 is 0 Å². The number of allylic oxidation sites excluding steroid dienone is 10. The molecule has 0 spiro atoms. The Morgan fingerprint density at radius 3 is 2.60 bits per heavy atom. The Labute approximate surface area is 149 Å². The Morgan fingerprint density at radius 1 is 0.720 bits per heavy atom. The van der Waals surface area contributed by atoms with Crippen LogP contribution < -0.4 is 5.32 Å². The lowest BCUT2D eigenvalue weighted by molar-refractivity contribution is 1.03. The van der Waals surface area contributed by atoms with Crippen molar-refractivity contribution >= 4 is 16.3 Å². The second-order valence-corrected chi connectivity index (χ2v) is 6.26. The molecule has 0 aliphatic heterocycles. The van der Waals surface area contributed by atoms with Crippen LogP contribution in [0.3, 0.4) is 0 Å². The Balaban J connectivity index is 1.54. The second kappa shape index (κ2) is 7.23. The van der Waals surface area contributed by atoms with E-state index < -0.39 is 0 Å². The predicted molar refractivity (Wildman–Crippen MR) is 108 cm³/mol. The van der Waals surface area contributed by atoms with Gasteiger partial charge in [-0.2, -0.15) is 0 Å². The summed E-state index contributed by atoms with van der Waals surface area (Å²) in [6, 6.07) is 15.2. The molecule has 1 nitrogen and oxygen atoms in total. The molecule has 0 unspecified atom stereocenters. The van der Waals surface area contributed by atoms with Crippen molar-refractivity contribution in [2.75, 3.05) is 0 Å². The molecule has 25 heavy (non-hydrogen) atoms. The quantitative estimate of drug-likeness (QED) is 0.724. The number of nitrogens with one attached hydrogen (secondary N) is 1. The topological polar surface area (TPSA) is 12.0 Å². The van der Waals surface area contributed by atoms with Crippen molar-refractivity contribution in [3.63, 3.8) is 0 Å². The van der Waals surface area contributed by atoms with Crippen LogP contribution in [-0.2, 0) is 0 Å². The van der Waals surface area contributed by atoms with E-state index in [1.54, 1.807) is 0 Å². The summed E-state index contributed by atoms with van der Waals surface area (Å²) in [4.78, 5) is 0. The maximum Gasteiger partial charge on any atom is 0.0380 e. The summed E-state index contributed by atoms with van der Waals surface area (Å²) < 4.78 is 0. The van der Waals surface area contributed by atoms with Crippen molar-refractivity contribution in [3.05, 3.63) is 114 Å². The predicted octanol–water partition coefficient (Wildman–Crippen LogP) is 6.06. The van der Waals surface area contributed by atoms with Crippen LogP contribution in [0.15, 0.2) is 109 Å². The van der Waals surface area contributed by atoms with Crippen LogP contribution in [0.1, 0.15) is 18.4 Å². The van der Waals surface area contributed by atoms with Crippen molar-refractivity contribution in [3.8, 4) is 0 Å². The molecule has 2 aromatic carbocycles. The number of benzene rings is 2. The molecule has 0 bridgehead atoms. The molecule has 0 amide bonds. The molecule has 122 valence electrons. The summed E-state index contributed by atoms with van der Waals surface area (Å²) in [5.41, 5.74) is 4.79. The molecule has 0 saturated carbocycles. The molecule has 0 atom stereocenters. The minimum atomic E-state index is 0.921. The Bertz CT molecular complexity index is 965. The van der Waals surface area contributed by atoms with Gasteiger partial charge in [0.15, 0.2) is 0 Å². The summed E-state index contributed by atoms with van der Waals surface area (Å²) in [7, 11) is 0. The fourth-order valence-electron chi connectivity index (χ4n) is 3.13. The zero-order valence-corrected chi connectivity index (χ0v) is 14.2. The molecule has 2 aromatic rings. The normalized spacial score (nSPS) is 16.7. The highest BCUT2D eigenvalue weighted by atomic mass is 14.9. The van der Waals surface area contributed by atoms with Crippen molar-refractivity contribution < 1.29 is 0 Å². The van der Waals surface area contributed by atoms with Gasteiger partial charge in [-0.15, -0.1) is 0 Å². The highest BCUT2D eigenvalue weighted by Crippen LogP contribution is 2.24. The van der Waals surface area contributed by atoms with Crippen LogP contribution in [0.4, 0.5) is 0 Å². The SMILES string of the molecule is C1=CCC=CC(NC2=CCC=C(c3ccc4ccccc4c3)C=C2)=C1. The first-order valence-electron chi connectivity index (χ1n) is 8.76. The van der Waals surface area contributed by atoms with Crippen LogP contribution in [0.5, 0.6) is 0 Å². The third-order valence-electron chi connectivity index (χ3n) is 4.47. The van der Waals surface area contributed by atoms with Crippen molar-refractivity contribution in [2.24, 2.45) is 0 Å². The third-order valence-corrected chi connectivity index (χ3v) is 4.47. The summed E-state index contributed by atoms with van der Waals surface area (Å²) >= 11 is 0. The van der Waals surface area contributed by atoms with E-state index in [2.05, 4.69) is 102 Å². The minimum absolute atomic E-state index is 0.921. The molecule has 2 aliphatic carbocycles. The number of hydrogen-bond acceptors (Lipinski definition) is 1. The molecule has 0 heterocycles. The van der Waals surface area contributed by atoms with Gasteiger partial charge >= 0.3 is 0 Å². The average molecular weight is 323 g/mol. The van der Waals surface area contributed by atoms with Crippen molar-refractivity contribution in [1.29, 1.82) is 0 Å². The Hall–Kier alpha value is -3.06. The molecule has 0 aromatic heterocycles. The average Bonchev–Trinajstić information content (AvgIpc) is 3.05. The standard InChI is InChI=1S/C24H21N/c1-2-4-12-23(11-3-1)25-24-13-7-10-20(16-17-24)22-15-14-19-8-5-6-9-21(19)18-22/h1,3-6,8-18,25H,2,7H2. The molecule has 0 saturated heterocycles. The van der Waals surface area contributed by atoms with Crippen molar-refractivity contribution in [1.82, 2.24) is 5.32 Å². The fraction of sp³-hybridized carbons (Fsp3) is 0.0833. The lowest BCUT2D eigenvalue weighted by Crippen LogP contribution is -2.09. The van der Waals surface area contributed by atoms with Gasteiger partial charge in [0, 0.05) is 11.4 Å². The number of rotatable bonds is 3. The first-order valence-corrected chi connectivity index (χ1v) is 8.76. The van der Waals surface area contributed by atoms with Gasteiger partial charge in [-0.05, 0) is 59.0 Å². The Morgan fingerprint density at radius 2 is 1.64 bits per heavy atom. The van der Waals surface area contributed by atoms with Crippen LogP contribution in [0, 0.1) is 0 Å². The summed E-state index contributed by atoms with van der Waals surface area (Å²) in [6.45, 7) is 0. The third kappa shape index (κ3) is 3.72. The molecule has 0 fully saturated rings. The molecule has 2 aliphatic rings. The van der Waals surface area contributed by atoms with Crippen molar-refractivity contribution in [2.45, 2.75) is 12.8 Å². The maximum absolute atomic E-state index is 3.50. The second-order valence-electron chi connectivity index (χ2n) is 6.26. The largest absolute Gasteiger partial charge is 0.356 e. The number of fused-ring (bicyclic) bond motifs is 1. The summed E-state index contributed by atoms with van der Waals surface area (Å²) in [5.74, 6) is 0. The van der Waals surface area contributed by atoms with Gasteiger partial charge in [-0.1, -0.05) is 72.9 Å². The van der Waals surface area contributed by atoms with Crippen LogP contribution in [0.2, 0.25) is 0 Å². The van der Waals surface area contributed by atoms with E-state index in [9.17, 15) is 0 Å². The zero-order valence-electron chi connectivity index (χ0n) is 14.2. The Kier molecular flexibility index (Phi) is 4.47. The monoisotopic (exact) mass is 323 g/mol. The van der Waals surface area contributed by atoms with E-state index in [-0.39, 0.29) is 0 Å². The zero-order chi connectivity index (χ0) is 16.9. The van der Waals surface area contributed by atoms with Gasteiger partial charge in [-0.3, -0.25) is 0 Å². The smallest absolute Gasteiger partial charge is 0.0380 e. The highest BCUT2D eigenvalue weighted by Gasteiger charge is 2.04. The first-order chi connectivity index (χ1) is 12.4. The number of hydrogen-bond donors (Lipinski definition) is 1. The summed E-state index contributed by atoms with van der Waals surface area (Å²) in [6.07, 6.45) is 21.5. The van der Waals surface area contributed by atoms with Crippen LogP contribution >= 0.6 is 0 Å². The van der Waals surface area contributed by atoms with E-state index in [1.165, 1.54) is 21.9 Å². The first kappa shape index (κ1) is 15.5. The van der Waals surface area contributed by atoms with Gasteiger partial charge in [-0.25, -0.2) is 0 Å². The molecular weight excluding hydrogens is 302 g/mol. The van der Waals surface area contributed by atoms with Gasteiger partial charge in [0.05, 0.1) is 0 Å². The van der Waals surface area contributed by atoms with E-state index in [0.717, 1.165) is 24.2 Å². The van der Waals surface area contributed by atoms with Gasteiger partial charge in [0.2, 0.25) is 0 Å². The highest BCUT2D eigenvalue weighted by molar-refractivity contribution is 5.88. The fourth-order valence-corrected chi connectivity index (χ4v) is 3.13.